The third-order valence-electron chi connectivity index (χ3n) is 2.21. The summed E-state index contributed by atoms with van der Waals surface area (Å²) >= 11 is 3.14. The van der Waals surface area contributed by atoms with Crippen LogP contribution >= 0.6 is 23.3 Å². The summed E-state index contributed by atoms with van der Waals surface area (Å²) in [6.45, 7) is 0. The number of hydrogen-bond donors (Lipinski definition) is 1. The average molecular weight is 247 g/mol. The molecule has 0 fully saturated rings. The summed E-state index contributed by atoms with van der Waals surface area (Å²) in [6, 6.07) is 10.4. The van der Waals surface area contributed by atoms with E-state index < -0.39 is 0 Å². The Morgan fingerprint density at radius 3 is 2.94 bits per heavy atom. The van der Waals surface area contributed by atoms with E-state index in [9.17, 15) is 0 Å². The number of nitrogens with zero attached hydrogens (tertiary/aromatic N) is 2. The fourth-order valence-electron chi connectivity index (χ4n) is 1.43. The molecule has 16 heavy (non-hydrogen) atoms. The lowest BCUT2D eigenvalue weighted by atomic mass is 10.2. The maximum atomic E-state index is 4.45. The third-order valence-corrected chi connectivity index (χ3v) is 3.85. The van der Waals surface area contributed by atoms with Gasteiger partial charge in [-0.05, 0) is 17.1 Å². The number of hydrogen-bond acceptors (Lipinski definition) is 4. The van der Waals surface area contributed by atoms with Crippen molar-refractivity contribution in [2.45, 2.75) is 10.9 Å². The number of aromatic amines is 1. The summed E-state index contributed by atoms with van der Waals surface area (Å²) < 4.78 is 4.06. The van der Waals surface area contributed by atoms with E-state index in [0.29, 0.717) is 0 Å². The summed E-state index contributed by atoms with van der Waals surface area (Å²) in [4.78, 5) is 8.68. The first-order valence-electron chi connectivity index (χ1n) is 4.89. The van der Waals surface area contributed by atoms with Crippen LogP contribution in [0.25, 0.3) is 10.3 Å². The Bertz CT molecular complexity index is 557. The highest BCUT2D eigenvalue weighted by Gasteiger charge is 2.04. The molecule has 0 amide bonds. The number of benzene rings is 1. The number of fused-ring (bicyclic) bond motifs is 1. The van der Waals surface area contributed by atoms with Gasteiger partial charge in [0, 0.05) is 5.75 Å². The summed E-state index contributed by atoms with van der Waals surface area (Å²) in [5.74, 6) is 0.940. The smallest absolute Gasteiger partial charge is 0.167 e. The van der Waals surface area contributed by atoms with Gasteiger partial charge in [0.1, 0.15) is 0 Å². The largest absolute Gasteiger partial charge is 0.331 e. The first kappa shape index (κ1) is 9.86. The van der Waals surface area contributed by atoms with Crippen LogP contribution in [0.5, 0.6) is 0 Å². The Morgan fingerprint density at radius 2 is 2.12 bits per heavy atom. The maximum Gasteiger partial charge on any atom is 0.167 e. The van der Waals surface area contributed by atoms with E-state index in [1.54, 1.807) is 11.8 Å². The van der Waals surface area contributed by atoms with Gasteiger partial charge in [-0.25, -0.2) is 4.98 Å². The van der Waals surface area contributed by atoms with E-state index >= 15 is 0 Å². The van der Waals surface area contributed by atoms with E-state index in [4.69, 9.17) is 0 Å². The molecule has 2 heterocycles. The van der Waals surface area contributed by atoms with Crippen molar-refractivity contribution in [3.63, 3.8) is 0 Å². The van der Waals surface area contributed by atoms with Crippen LogP contribution in [0, 0.1) is 0 Å². The molecule has 0 atom stereocenters. The standard InChI is InChI=1S/C11H9N3S2/c1-2-4-8(5-3-1)7-15-11-13-9-6-12-16-10(9)14-11/h1-6H,7H2,(H,13,14). The molecular weight excluding hydrogens is 238 g/mol. The molecule has 0 aliphatic carbocycles. The third kappa shape index (κ3) is 1.96. The van der Waals surface area contributed by atoms with Gasteiger partial charge >= 0.3 is 0 Å². The van der Waals surface area contributed by atoms with Crippen LogP contribution in [0.3, 0.4) is 0 Å². The predicted octanol–water partition coefficient (Wildman–Crippen LogP) is 3.31. The molecule has 0 saturated heterocycles. The molecule has 0 radical (unpaired) electrons. The molecule has 5 heteroatoms. The zero-order valence-electron chi connectivity index (χ0n) is 8.38. The summed E-state index contributed by atoms with van der Waals surface area (Å²) in [6.07, 6.45) is 1.82. The van der Waals surface area contributed by atoms with Crippen molar-refractivity contribution in [1.82, 2.24) is 14.3 Å². The lowest BCUT2D eigenvalue weighted by Crippen LogP contribution is -1.80. The Morgan fingerprint density at radius 1 is 1.25 bits per heavy atom. The van der Waals surface area contributed by atoms with Crippen LogP contribution in [0.15, 0.2) is 41.7 Å². The van der Waals surface area contributed by atoms with Crippen molar-refractivity contribution < 1.29 is 0 Å². The van der Waals surface area contributed by atoms with Gasteiger partial charge in [-0.2, -0.15) is 4.37 Å². The molecule has 0 saturated carbocycles. The number of aromatic nitrogens is 3. The van der Waals surface area contributed by atoms with E-state index in [2.05, 4.69) is 38.6 Å². The van der Waals surface area contributed by atoms with Crippen LogP contribution in [-0.4, -0.2) is 14.3 Å². The summed E-state index contributed by atoms with van der Waals surface area (Å²) in [7, 11) is 0. The zero-order valence-corrected chi connectivity index (χ0v) is 10.0. The van der Waals surface area contributed by atoms with Gasteiger partial charge < -0.3 is 4.98 Å². The second-order valence-corrected chi connectivity index (χ2v) is 5.10. The molecule has 3 rings (SSSR count). The quantitative estimate of drug-likeness (QED) is 0.722. The van der Waals surface area contributed by atoms with E-state index in [0.717, 1.165) is 21.3 Å². The topological polar surface area (TPSA) is 41.6 Å². The highest BCUT2D eigenvalue weighted by molar-refractivity contribution is 7.98. The Balaban J connectivity index is 1.74. The Hall–Kier alpha value is -1.33. The van der Waals surface area contributed by atoms with Crippen LogP contribution < -0.4 is 0 Å². The normalized spacial score (nSPS) is 11.0. The van der Waals surface area contributed by atoms with Crippen LogP contribution in [-0.2, 0) is 5.75 Å². The number of rotatable bonds is 3. The molecule has 0 aliphatic heterocycles. The van der Waals surface area contributed by atoms with Gasteiger partial charge in [0.05, 0.1) is 11.7 Å². The fourth-order valence-corrected chi connectivity index (χ4v) is 2.91. The minimum Gasteiger partial charge on any atom is -0.331 e. The molecular formula is C11H9N3S2. The molecule has 2 aromatic heterocycles. The number of thioether (sulfide) groups is 1. The molecule has 0 unspecified atom stereocenters. The van der Waals surface area contributed by atoms with Crippen molar-refractivity contribution in [3.8, 4) is 0 Å². The minimum absolute atomic E-state index is 0.940. The van der Waals surface area contributed by atoms with Gasteiger partial charge in [-0.3, -0.25) is 0 Å². The molecule has 1 aromatic carbocycles. The van der Waals surface area contributed by atoms with Gasteiger partial charge in [0.15, 0.2) is 9.99 Å². The lowest BCUT2D eigenvalue weighted by Gasteiger charge is -1.97. The minimum atomic E-state index is 0.940. The molecule has 80 valence electrons. The number of nitrogens with one attached hydrogen (secondary N) is 1. The van der Waals surface area contributed by atoms with Gasteiger partial charge in [-0.15, -0.1) is 0 Å². The number of imidazole rings is 1. The molecule has 0 aliphatic rings. The summed E-state index contributed by atoms with van der Waals surface area (Å²) in [5.41, 5.74) is 2.34. The number of H-pyrrole nitrogens is 1. The lowest BCUT2D eigenvalue weighted by molar-refractivity contribution is 1.08. The molecule has 0 spiro atoms. The second-order valence-electron chi connectivity index (χ2n) is 3.36. The second kappa shape index (κ2) is 4.27. The SMILES string of the molecule is c1ccc(CSc2nc3sncc3[nH]2)cc1. The van der Waals surface area contributed by atoms with Gasteiger partial charge in [0.2, 0.25) is 0 Å². The van der Waals surface area contributed by atoms with E-state index in [1.807, 2.05) is 12.3 Å². The van der Waals surface area contributed by atoms with Crippen LogP contribution in [0.1, 0.15) is 5.56 Å². The van der Waals surface area contributed by atoms with Crippen molar-refractivity contribution in [1.29, 1.82) is 0 Å². The highest BCUT2D eigenvalue weighted by atomic mass is 32.2. The van der Waals surface area contributed by atoms with Crippen molar-refractivity contribution in [2.24, 2.45) is 0 Å². The monoisotopic (exact) mass is 247 g/mol. The van der Waals surface area contributed by atoms with Gasteiger partial charge in [-0.1, -0.05) is 42.1 Å². The Labute approximate surface area is 101 Å². The van der Waals surface area contributed by atoms with Crippen molar-refractivity contribution >= 4 is 33.6 Å². The first-order valence-corrected chi connectivity index (χ1v) is 6.65. The van der Waals surface area contributed by atoms with Gasteiger partial charge in [0.25, 0.3) is 0 Å². The van der Waals surface area contributed by atoms with Crippen LogP contribution in [0.2, 0.25) is 0 Å². The van der Waals surface area contributed by atoms with Crippen molar-refractivity contribution in [3.05, 3.63) is 42.1 Å². The molecule has 3 aromatic rings. The summed E-state index contributed by atoms with van der Waals surface area (Å²) in [5, 5.41) is 0.965. The molecule has 3 nitrogen and oxygen atoms in total. The predicted molar refractivity (Wildman–Crippen MR) is 67.8 cm³/mol. The maximum absolute atomic E-state index is 4.45. The van der Waals surface area contributed by atoms with Crippen molar-refractivity contribution in [2.75, 3.05) is 0 Å². The van der Waals surface area contributed by atoms with Crippen LogP contribution in [0.4, 0.5) is 0 Å². The Kier molecular flexibility index (Phi) is 2.63. The highest BCUT2D eigenvalue weighted by Crippen LogP contribution is 2.24. The van der Waals surface area contributed by atoms with E-state index in [-0.39, 0.29) is 0 Å². The van der Waals surface area contributed by atoms with E-state index in [1.165, 1.54) is 17.1 Å². The fraction of sp³-hybridized carbons (Fsp3) is 0.0909. The zero-order chi connectivity index (χ0) is 10.8. The molecule has 1 N–H and O–H groups in total. The first-order chi connectivity index (χ1) is 7.92. The molecule has 0 bridgehead atoms. The average Bonchev–Trinajstić information content (AvgIpc) is 2.88.